The van der Waals surface area contributed by atoms with Crippen LogP contribution in [0.4, 0.5) is 10.1 Å². The van der Waals surface area contributed by atoms with E-state index < -0.39 is 0 Å². The molecule has 0 bridgehead atoms. The average Bonchev–Trinajstić information content (AvgIpc) is 3.40. The number of amides is 1. The number of nitrogens with zero attached hydrogens (tertiary/aromatic N) is 3. The lowest BCUT2D eigenvalue weighted by molar-refractivity contribution is -0.113. The fourth-order valence-corrected chi connectivity index (χ4v) is 3.93. The van der Waals surface area contributed by atoms with E-state index in [9.17, 15) is 9.18 Å². The molecular formula is C19H16BrFN4OS. The fraction of sp³-hybridized carbons (Fsp3) is 0.211. The number of benzene rings is 2. The number of carbonyl (C=O) groups is 1. The summed E-state index contributed by atoms with van der Waals surface area (Å²) in [6.45, 7) is 0. The largest absolute Gasteiger partial charge is 0.325 e. The van der Waals surface area contributed by atoms with Crippen LogP contribution in [0.25, 0.3) is 11.4 Å². The molecule has 0 saturated heterocycles. The summed E-state index contributed by atoms with van der Waals surface area (Å²) in [4.78, 5) is 12.3. The van der Waals surface area contributed by atoms with Crippen LogP contribution in [0.2, 0.25) is 0 Å². The van der Waals surface area contributed by atoms with Gasteiger partial charge in [0.05, 0.1) is 5.75 Å². The second kappa shape index (κ2) is 7.82. The van der Waals surface area contributed by atoms with Crippen molar-refractivity contribution in [3.05, 3.63) is 58.8 Å². The molecule has 1 fully saturated rings. The Kier molecular flexibility index (Phi) is 5.27. The van der Waals surface area contributed by atoms with Crippen molar-refractivity contribution in [2.45, 2.75) is 24.0 Å². The molecule has 1 aliphatic carbocycles. The summed E-state index contributed by atoms with van der Waals surface area (Å²) in [6, 6.07) is 14.0. The predicted molar refractivity (Wildman–Crippen MR) is 107 cm³/mol. The summed E-state index contributed by atoms with van der Waals surface area (Å²) in [7, 11) is 0. The molecule has 2 aromatic carbocycles. The Hall–Kier alpha value is -2.19. The molecule has 0 spiro atoms. The minimum atomic E-state index is -0.282. The van der Waals surface area contributed by atoms with Crippen molar-refractivity contribution >= 4 is 39.3 Å². The molecule has 27 heavy (non-hydrogen) atoms. The van der Waals surface area contributed by atoms with Crippen LogP contribution in [0.3, 0.4) is 0 Å². The van der Waals surface area contributed by atoms with Crippen LogP contribution < -0.4 is 5.32 Å². The van der Waals surface area contributed by atoms with E-state index in [2.05, 4.69) is 36.0 Å². The van der Waals surface area contributed by atoms with Gasteiger partial charge in [-0.2, -0.15) is 0 Å². The minimum Gasteiger partial charge on any atom is -0.325 e. The van der Waals surface area contributed by atoms with Crippen LogP contribution in [-0.2, 0) is 4.79 Å². The highest BCUT2D eigenvalue weighted by atomic mass is 79.9. The van der Waals surface area contributed by atoms with E-state index in [1.807, 2.05) is 24.3 Å². The van der Waals surface area contributed by atoms with E-state index in [0.717, 1.165) is 28.6 Å². The lowest BCUT2D eigenvalue weighted by atomic mass is 10.2. The summed E-state index contributed by atoms with van der Waals surface area (Å²) in [6.07, 6.45) is 2.12. The van der Waals surface area contributed by atoms with Gasteiger partial charge < -0.3 is 5.32 Å². The van der Waals surface area contributed by atoms with Gasteiger partial charge in [0.2, 0.25) is 5.91 Å². The molecule has 0 atom stereocenters. The molecule has 1 aliphatic rings. The Balaban J connectivity index is 1.47. The van der Waals surface area contributed by atoms with E-state index in [0.29, 0.717) is 17.0 Å². The third-order valence-electron chi connectivity index (χ3n) is 4.12. The van der Waals surface area contributed by atoms with E-state index in [-0.39, 0.29) is 17.5 Å². The Labute approximate surface area is 168 Å². The number of thioether (sulfide) groups is 1. The summed E-state index contributed by atoms with van der Waals surface area (Å²) >= 11 is 4.75. The Morgan fingerprint density at radius 1 is 1.22 bits per heavy atom. The van der Waals surface area contributed by atoms with E-state index in [1.165, 1.54) is 23.9 Å². The Morgan fingerprint density at radius 2 is 2.00 bits per heavy atom. The summed E-state index contributed by atoms with van der Waals surface area (Å²) < 4.78 is 16.2. The molecule has 0 unspecified atom stereocenters. The standard InChI is InChI=1S/C19H16BrFN4OS/c20-13-2-1-3-15(10-13)22-17(26)11-27-19-24-23-18(25(19)16-8-9-16)12-4-6-14(21)7-5-12/h1-7,10,16H,8-9,11H2,(H,22,26). The molecule has 1 amide bonds. The highest BCUT2D eigenvalue weighted by Gasteiger charge is 2.30. The highest BCUT2D eigenvalue weighted by Crippen LogP contribution is 2.41. The third kappa shape index (κ3) is 4.39. The topological polar surface area (TPSA) is 59.8 Å². The first-order valence-corrected chi connectivity index (χ1v) is 10.3. The molecule has 0 aliphatic heterocycles. The van der Waals surface area contributed by atoms with Crippen LogP contribution in [0.1, 0.15) is 18.9 Å². The molecule has 1 aromatic heterocycles. The lowest BCUT2D eigenvalue weighted by Crippen LogP contribution is -2.14. The van der Waals surface area contributed by atoms with Gasteiger partial charge in [-0.3, -0.25) is 9.36 Å². The van der Waals surface area contributed by atoms with Gasteiger partial charge in [-0.25, -0.2) is 4.39 Å². The normalized spacial score (nSPS) is 13.6. The Morgan fingerprint density at radius 3 is 2.70 bits per heavy atom. The van der Waals surface area contributed by atoms with Crippen molar-refractivity contribution in [1.82, 2.24) is 14.8 Å². The summed E-state index contributed by atoms with van der Waals surface area (Å²) in [5.41, 5.74) is 1.56. The highest BCUT2D eigenvalue weighted by molar-refractivity contribution is 9.10. The fourth-order valence-electron chi connectivity index (χ4n) is 2.73. The predicted octanol–water partition coefficient (Wildman–Crippen LogP) is 4.91. The minimum absolute atomic E-state index is 0.105. The first kappa shape index (κ1) is 18.2. The number of aromatic nitrogens is 3. The van der Waals surface area contributed by atoms with E-state index in [1.54, 1.807) is 12.1 Å². The van der Waals surface area contributed by atoms with Gasteiger partial charge in [-0.05, 0) is 55.3 Å². The zero-order valence-electron chi connectivity index (χ0n) is 14.2. The van der Waals surface area contributed by atoms with Crippen LogP contribution in [0.15, 0.2) is 58.2 Å². The SMILES string of the molecule is O=C(CSc1nnc(-c2ccc(F)cc2)n1C1CC1)Nc1cccc(Br)c1. The second-order valence-electron chi connectivity index (χ2n) is 6.26. The number of nitrogens with one attached hydrogen (secondary N) is 1. The lowest BCUT2D eigenvalue weighted by Gasteiger charge is -2.09. The average molecular weight is 447 g/mol. The summed E-state index contributed by atoms with van der Waals surface area (Å²) in [5.74, 6) is 0.565. The first-order valence-electron chi connectivity index (χ1n) is 8.49. The van der Waals surface area contributed by atoms with Gasteiger partial charge in [0.15, 0.2) is 11.0 Å². The zero-order valence-corrected chi connectivity index (χ0v) is 16.6. The monoisotopic (exact) mass is 446 g/mol. The maximum absolute atomic E-state index is 13.2. The van der Waals surface area contributed by atoms with Crippen LogP contribution in [0, 0.1) is 5.82 Å². The van der Waals surface area contributed by atoms with Crippen LogP contribution in [-0.4, -0.2) is 26.4 Å². The zero-order chi connectivity index (χ0) is 18.8. The van der Waals surface area contributed by atoms with Gasteiger partial charge in [0.1, 0.15) is 5.82 Å². The maximum Gasteiger partial charge on any atom is 0.234 e. The summed E-state index contributed by atoms with van der Waals surface area (Å²) in [5, 5.41) is 12.1. The Bertz CT molecular complexity index is 972. The van der Waals surface area contributed by atoms with Gasteiger partial charge in [-0.15, -0.1) is 10.2 Å². The smallest absolute Gasteiger partial charge is 0.234 e. The van der Waals surface area contributed by atoms with Gasteiger partial charge in [0.25, 0.3) is 0 Å². The molecule has 3 aromatic rings. The van der Waals surface area contributed by atoms with Crippen molar-refractivity contribution in [2.24, 2.45) is 0 Å². The molecule has 8 heteroatoms. The number of anilines is 1. The second-order valence-corrected chi connectivity index (χ2v) is 8.12. The van der Waals surface area contributed by atoms with Crippen molar-refractivity contribution in [3.63, 3.8) is 0 Å². The number of hydrogen-bond acceptors (Lipinski definition) is 4. The number of carbonyl (C=O) groups excluding carboxylic acids is 1. The van der Waals surface area contributed by atoms with Gasteiger partial charge in [0, 0.05) is 21.8 Å². The molecule has 1 saturated carbocycles. The molecule has 1 N–H and O–H groups in total. The van der Waals surface area contributed by atoms with Crippen molar-refractivity contribution in [1.29, 1.82) is 0 Å². The van der Waals surface area contributed by atoms with E-state index in [4.69, 9.17) is 0 Å². The van der Waals surface area contributed by atoms with E-state index >= 15 is 0 Å². The van der Waals surface area contributed by atoms with Gasteiger partial charge in [-0.1, -0.05) is 33.8 Å². The van der Waals surface area contributed by atoms with Crippen LogP contribution in [0.5, 0.6) is 0 Å². The molecule has 4 rings (SSSR count). The molecule has 138 valence electrons. The van der Waals surface area contributed by atoms with Crippen molar-refractivity contribution < 1.29 is 9.18 Å². The number of rotatable bonds is 6. The van der Waals surface area contributed by atoms with Crippen LogP contribution >= 0.6 is 27.7 Å². The first-order chi connectivity index (χ1) is 13.1. The molecular weight excluding hydrogens is 431 g/mol. The van der Waals surface area contributed by atoms with Crippen molar-refractivity contribution in [3.8, 4) is 11.4 Å². The quantitative estimate of drug-likeness (QED) is 0.546. The number of halogens is 2. The molecule has 1 heterocycles. The molecule has 5 nitrogen and oxygen atoms in total. The van der Waals surface area contributed by atoms with Crippen molar-refractivity contribution in [2.75, 3.05) is 11.1 Å². The maximum atomic E-state index is 13.2. The number of hydrogen-bond donors (Lipinski definition) is 1. The third-order valence-corrected chi connectivity index (χ3v) is 5.56. The molecule has 0 radical (unpaired) electrons. The van der Waals surface area contributed by atoms with Gasteiger partial charge >= 0.3 is 0 Å².